The average Bonchev–Trinajstić information content (AvgIpc) is 3.29. The molecule has 1 aliphatic rings. The molecule has 3 aromatic rings. The van der Waals surface area contributed by atoms with Gasteiger partial charge in [0, 0.05) is 18.8 Å². The predicted molar refractivity (Wildman–Crippen MR) is 103 cm³/mol. The quantitative estimate of drug-likeness (QED) is 0.374. The van der Waals surface area contributed by atoms with Crippen LogP contribution in [-0.4, -0.2) is 64.8 Å². The molecule has 1 saturated heterocycles. The van der Waals surface area contributed by atoms with Crippen LogP contribution in [0.2, 0.25) is 0 Å². The fourth-order valence-electron chi connectivity index (χ4n) is 3.41. The van der Waals surface area contributed by atoms with E-state index in [0.717, 1.165) is 15.8 Å². The molecule has 2 aromatic heterocycles. The van der Waals surface area contributed by atoms with Crippen LogP contribution in [0.3, 0.4) is 0 Å². The van der Waals surface area contributed by atoms with Crippen LogP contribution in [0, 0.1) is 0 Å². The Hall–Kier alpha value is -3.12. The van der Waals surface area contributed by atoms with Crippen LogP contribution in [0.5, 0.6) is 0 Å². The second kappa shape index (κ2) is 8.32. The van der Waals surface area contributed by atoms with Crippen molar-refractivity contribution in [2.75, 3.05) is 6.61 Å². The summed E-state index contributed by atoms with van der Waals surface area (Å²) in [4.78, 5) is 26.7. The molecular formula is C19H21N5O6. The Labute approximate surface area is 169 Å². The van der Waals surface area contributed by atoms with Crippen molar-refractivity contribution in [1.82, 2.24) is 24.5 Å². The number of aromatic amines is 1. The first-order valence-corrected chi connectivity index (χ1v) is 9.36. The maximum absolute atomic E-state index is 12.3. The molecular weight excluding hydrogens is 394 g/mol. The van der Waals surface area contributed by atoms with Crippen molar-refractivity contribution in [3.63, 3.8) is 0 Å². The third kappa shape index (κ3) is 3.96. The van der Waals surface area contributed by atoms with Crippen molar-refractivity contribution < 1.29 is 20.1 Å². The molecule has 1 aliphatic heterocycles. The van der Waals surface area contributed by atoms with Crippen molar-refractivity contribution in [2.45, 2.75) is 37.5 Å². The van der Waals surface area contributed by atoms with Gasteiger partial charge in [-0.25, -0.2) is 9.48 Å². The number of hydrogen-bond donors (Lipinski definition) is 4. The predicted octanol–water partition coefficient (Wildman–Crippen LogP) is -1.62. The standard InChI is InChI=1S/C19H21N5O6/c25-10-14-15(26)16(27)18(30-14)24-8-12(17(28)20-19(24)29)7-23-9-13(21-22-23)6-11-4-2-1-3-5-11/h1-5,8-9,14-16,18,25-27H,6-7,10H2,(H,20,28,29). The van der Waals surface area contributed by atoms with E-state index < -0.39 is 42.4 Å². The molecule has 4 atom stereocenters. The molecule has 30 heavy (non-hydrogen) atoms. The number of aliphatic hydroxyl groups excluding tert-OH is 3. The van der Waals surface area contributed by atoms with E-state index in [9.17, 15) is 24.9 Å². The van der Waals surface area contributed by atoms with Crippen LogP contribution in [0.15, 0.2) is 52.3 Å². The van der Waals surface area contributed by atoms with Gasteiger partial charge in [0.2, 0.25) is 0 Å². The maximum atomic E-state index is 12.3. The highest BCUT2D eigenvalue weighted by Crippen LogP contribution is 2.28. The van der Waals surface area contributed by atoms with E-state index in [4.69, 9.17) is 4.74 Å². The van der Waals surface area contributed by atoms with E-state index in [0.29, 0.717) is 6.42 Å². The van der Waals surface area contributed by atoms with Gasteiger partial charge in [-0.05, 0) is 5.56 Å². The molecule has 0 bridgehead atoms. The number of H-pyrrole nitrogens is 1. The molecule has 1 fully saturated rings. The zero-order chi connectivity index (χ0) is 21.3. The Kier molecular flexibility index (Phi) is 5.59. The highest BCUT2D eigenvalue weighted by molar-refractivity contribution is 5.20. The number of benzene rings is 1. The summed E-state index contributed by atoms with van der Waals surface area (Å²) >= 11 is 0. The lowest BCUT2D eigenvalue weighted by atomic mass is 10.1. The molecule has 4 unspecified atom stereocenters. The topological polar surface area (TPSA) is 155 Å². The lowest BCUT2D eigenvalue weighted by molar-refractivity contribution is -0.0551. The Morgan fingerprint density at radius 1 is 1.10 bits per heavy atom. The number of aromatic nitrogens is 5. The van der Waals surface area contributed by atoms with Crippen LogP contribution in [-0.2, 0) is 17.7 Å². The van der Waals surface area contributed by atoms with Crippen molar-refractivity contribution in [3.8, 4) is 0 Å². The molecule has 0 aliphatic carbocycles. The Morgan fingerprint density at radius 2 is 1.87 bits per heavy atom. The molecule has 0 amide bonds. The van der Waals surface area contributed by atoms with Gasteiger partial charge in [-0.1, -0.05) is 35.5 Å². The minimum absolute atomic E-state index is 0.0339. The number of aliphatic hydroxyl groups is 3. The largest absolute Gasteiger partial charge is 0.394 e. The average molecular weight is 415 g/mol. The zero-order valence-corrected chi connectivity index (χ0v) is 15.8. The van der Waals surface area contributed by atoms with Gasteiger partial charge < -0.3 is 20.1 Å². The summed E-state index contributed by atoms with van der Waals surface area (Å²) in [5.41, 5.74) is 0.559. The number of ether oxygens (including phenoxy) is 1. The summed E-state index contributed by atoms with van der Waals surface area (Å²) in [6.07, 6.45) is -1.55. The highest BCUT2D eigenvalue weighted by atomic mass is 16.6. The lowest BCUT2D eigenvalue weighted by Gasteiger charge is -2.17. The normalized spacial score (nSPS) is 23.7. The van der Waals surface area contributed by atoms with E-state index in [-0.39, 0.29) is 12.1 Å². The molecule has 1 aromatic carbocycles. The summed E-state index contributed by atoms with van der Waals surface area (Å²) in [6.45, 7) is -0.491. The van der Waals surface area contributed by atoms with Crippen LogP contribution in [0.25, 0.3) is 0 Å². The van der Waals surface area contributed by atoms with Crippen molar-refractivity contribution >= 4 is 0 Å². The van der Waals surface area contributed by atoms with E-state index >= 15 is 0 Å². The third-order valence-corrected chi connectivity index (χ3v) is 4.98. The molecule has 158 valence electrons. The van der Waals surface area contributed by atoms with Gasteiger partial charge in [-0.15, -0.1) is 5.10 Å². The molecule has 0 saturated carbocycles. The molecule has 11 nitrogen and oxygen atoms in total. The van der Waals surface area contributed by atoms with Gasteiger partial charge >= 0.3 is 5.69 Å². The van der Waals surface area contributed by atoms with Crippen molar-refractivity contribution in [1.29, 1.82) is 0 Å². The monoisotopic (exact) mass is 415 g/mol. The second-order valence-electron chi connectivity index (χ2n) is 7.12. The summed E-state index contributed by atoms with van der Waals surface area (Å²) in [7, 11) is 0. The van der Waals surface area contributed by atoms with E-state index in [2.05, 4.69) is 15.3 Å². The summed E-state index contributed by atoms with van der Waals surface area (Å²) in [6, 6.07) is 9.73. The van der Waals surface area contributed by atoms with Crippen LogP contribution in [0.1, 0.15) is 23.0 Å². The first kappa shape index (κ1) is 20.2. The van der Waals surface area contributed by atoms with Crippen LogP contribution in [0.4, 0.5) is 0 Å². The van der Waals surface area contributed by atoms with Gasteiger partial charge in [-0.3, -0.25) is 14.3 Å². The molecule has 4 rings (SSSR count). The zero-order valence-electron chi connectivity index (χ0n) is 15.8. The maximum Gasteiger partial charge on any atom is 0.330 e. The Morgan fingerprint density at radius 3 is 2.57 bits per heavy atom. The number of rotatable bonds is 6. The molecule has 3 heterocycles. The Bertz CT molecular complexity index is 1120. The SMILES string of the molecule is O=c1[nH]c(=O)n(C2OC(CO)C(O)C2O)cc1Cn1cc(Cc2ccccc2)nn1. The van der Waals surface area contributed by atoms with Gasteiger partial charge in [0.05, 0.1) is 24.4 Å². The molecule has 4 N–H and O–H groups in total. The van der Waals surface area contributed by atoms with Crippen molar-refractivity contribution in [2.24, 2.45) is 0 Å². The molecule has 0 spiro atoms. The number of nitrogens with one attached hydrogen (secondary N) is 1. The van der Waals surface area contributed by atoms with Crippen LogP contribution >= 0.6 is 0 Å². The number of nitrogens with zero attached hydrogens (tertiary/aromatic N) is 4. The van der Waals surface area contributed by atoms with E-state index in [1.165, 1.54) is 10.9 Å². The Balaban J connectivity index is 1.56. The van der Waals surface area contributed by atoms with E-state index in [1.807, 2.05) is 30.3 Å². The number of hydrogen-bond acceptors (Lipinski definition) is 8. The second-order valence-corrected chi connectivity index (χ2v) is 7.12. The minimum Gasteiger partial charge on any atom is -0.394 e. The smallest absolute Gasteiger partial charge is 0.330 e. The van der Waals surface area contributed by atoms with Gasteiger partial charge in [0.15, 0.2) is 6.23 Å². The minimum atomic E-state index is -1.44. The summed E-state index contributed by atoms with van der Waals surface area (Å²) in [5.74, 6) is 0. The van der Waals surface area contributed by atoms with Crippen molar-refractivity contribution in [3.05, 3.63) is 80.4 Å². The summed E-state index contributed by atoms with van der Waals surface area (Å²) < 4.78 is 7.83. The first-order valence-electron chi connectivity index (χ1n) is 9.36. The molecule has 11 heteroatoms. The van der Waals surface area contributed by atoms with E-state index in [1.54, 1.807) is 6.20 Å². The fourth-order valence-corrected chi connectivity index (χ4v) is 3.41. The van der Waals surface area contributed by atoms with Crippen LogP contribution < -0.4 is 11.2 Å². The lowest BCUT2D eigenvalue weighted by Crippen LogP contribution is -2.39. The first-order chi connectivity index (χ1) is 14.5. The fraction of sp³-hybridized carbons (Fsp3) is 0.368. The van der Waals surface area contributed by atoms with Gasteiger partial charge in [0.1, 0.15) is 18.3 Å². The summed E-state index contributed by atoms with van der Waals surface area (Å²) in [5, 5.41) is 37.4. The highest BCUT2D eigenvalue weighted by Gasteiger charge is 2.43. The van der Waals surface area contributed by atoms with Gasteiger partial charge in [0.25, 0.3) is 5.56 Å². The molecule has 0 radical (unpaired) electrons. The third-order valence-electron chi connectivity index (χ3n) is 4.98. The van der Waals surface area contributed by atoms with Gasteiger partial charge in [-0.2, -0.15) is 0 Å².